The molecule has 33 heavy (non-hydrogen) atoms. The molecule has 3 aromatic rings. The number of carbonyl (C=O) groups is 4. The third-order valence-corrected chi connectivity index (χ3v) is 5.90. The Morgan fingerprint density at radius 2 is 1.61 bits per heavy atom. The third-order valence-electron chi connectivity index (χ3n) is 4.74. The molecular weight excluding hydrogens is 470 g/mol. The molecule has 10 heteroatoms. The van der Waals surface area contributed by atoms with Gasteiger partial charge in [0.2, 0.25) is 0 Å². The molecule has 0 aliphatic carbocycles. The van der Waals surface area contributed by atoms with Gasteiger partial charge >= 0.3 is 11.9 Å². The second-order valence-electron chi connectivity index (χ2n) is 7.01. The number of thioether (sulfide) groups is 1. The van der Waals surface area contributed by atoms with Crippen molar-refractivity contribution in [2.24, 2.45) is 0 Å². The molecule has 1 fully saturated rings. The zero-order chi connectivity index (χ0) is 23.7. The van der Waals surface area contributed by atoms with Crippen molar-refractivity contribution in [3.05, 3.63) is 87.0 Å². The highest BCUT2D eigenvalue weighted by Crippen LogP contribution is 2.34. The summed E-state index contributed by atoms with van der Waals surface area (Å²) < 4.78 is 5.68. The van der Waals surface area contributed by atoms with Gasteiger partial charge in [-0.3, -0.25) is 14.5 Å². The first-order valence-corrected chi connectivity index (χ1v) is 10.6. The van der Waals surface area contributed by atoms with Gasteiger partial charge < -0.3 is 14.6 Å². The zero-order valence-electron chi connectivity index (χ0n) is 16.6. The number of carbonyl (C=O) groups excluding carboxylic acids is 2. The van der Waals surface area contributed by atoms with E-state index < -0.39 is 23.1 Å². The SMILES string of the molecule is O=C(O)c1cc(C(=O)O)cc(-c2ccc(/C=C3/SC(=O)N(Cc4ccc(Cl)cc4)C3=O)o2)c1. The number of amides is 2. The Hall–Kier alpha value is -3.82. The van der Waals surface area contributed by atoms with Crippen LogP contribution in [0.1, 0.15) is 32.0 Å². The van der Waals surface area contributed by atoms with E-state index in [1.54, 1.807) is 24.3 Å². The van der Waals surface area contributed by atoms with E-state index in [2.05, 4.69) is 0 Å². The summed E-state index contributed by atoms with van der Waals surface area (Å²) >= 11 is 6.64. The lowest BCUT2D eigenvalue weighted by atomic mass is 10.0. The van der Waals surface area contributed by atoms with Crippen LogP contribution in [0.15, 0.2) is 63.9 Å². The number of benzene rings is 2. The van der Waals surface area contributed by atoms with Crippen molar-refractivity contribution in [2.45, 2.75) is 6.54 Å². The molecule has 4 rings (SSSR count). The number of hydrogen-bond acceptors (Lipinski definition) is 6. The predicted molar refractivity (Wildman–Crippen MR) is 121 cm³/mol. The fourth-order valence-corrected chi connectivity index (χ4v) is 4.08. The van der Waals surface area contributed by atoms with Gasteiger partial charge in [0.05, 0.1) is 22.6 Å². The summed E-state index contributed by atoms with van der Waals surface area (Å²) in [6.45, 7) is 0.0997. The van der Waals surface area contributed by atoms with E-state index in [9.17, 15) is 29.4 Å². The molecular formula is C23H14ClNO7S. The zero-order valence-corrected chi connectivity index (χ0v) is 18.2. The Kier molecular flexibility index (Phi) is 6.08. The highest BCUT2D eigenvalue weighted by atomic mass is 35.5. The lowest BCUT2D eigenvalue weighted by molar-refractivity contribution is -0.123. The van der Waals surface area contributed by atoms with Crippen LogP contribution in [-0.4, -0.2) is 38.2 Å². The van der Waals surface area contributed by atoms with Gasteiger partial charge in [-0.05, 0) is 59.8 Å². The molecule has 2 aromatic carbocycles. The van der Waals surface area contributed by atoms with Crippen molar-refractivity contribution >= 4 is 52.5 Å². The number of nitrogens with zero attached hydrogens (tertiary/aromatic N) is 1. The monoisotopic (exact) mass is 483 g/mol. The van der Waals surface area contributed by atoms with Gasteiger partial charge in [-0.15, -0.1) is 0 Å². The molecule has 2 N–H and O–H groups in total. The minimum absolute atomic E-state index is 0.0997. The molecule has 1 aliphatic heterocycles. The number of aromatic carboxylic acids is 2. The van der Waals surface area contributed by atoms with Gasteiger partial charge in [0.25, 0.3) is 11.1 Å². The number of rotatable bonds is 6. The largest absolute Gasteiger partial charge is 0.478 e. The van der Waals surface area contributed by atoms with Crippen molar-refractivity contribution in [1.29, 1.82) is 0 Å². The molecule has 1 saturated heterocycles. The molecule has 0 atom stereocenters. The van der Waals surface area contributed by atoms with Crippen LogP contribution in [-0.2, 0) is 11.3 Å². The second kappa shape index (κ2) is 8.97. The Labute approximate surface area is 196 Å². The number of halogens is 1. The molecule has 0 spiro atoms. The van der Waals surface area contributed by atoms with Crippen LogP contribution in [0.25, 0.3) is 17.4 Å². The smallest absolute Gasteiger partial charge is 0.335 e. The van der Waals surface area contributed by atoms with Crippen LogP contribution in [0, 0.1) is 0 Å². The van der Waals surface area contributed by atoms with Crippen molar-refractivity contribution in [3.8, 4) is 11.3 Å². The number of carboxylic acids is 2. The van der Waals surface area contributed by atoms with Crippen LogP contribution in [0.5, 0.6) is 0 Å². The quantitative estimate of drug-likeness (QED) is 0.456. The highest BCUT2D eigenvalue weighted by Gasteiger charge is 2.35. The van der Waals surface area contributed by atoms with Crippen molar-refractivity contribution < 1.29 is 33.8 Å². The van der Waals surface area contributed by atoms with Crippen LogP contribution in [0.2, 0.25) is 5.02 Å². The molecule has 2 heterocycles. The lowest BCUT2D eigenvalue weighted by Crippen LogP contribution is -2.27. The maximum Gasteiger partial charge on any atom is 0.335 e. The summed E-state index contributed by atoms with van der Waals surface area (Å²) in [5.74, 6) is -2.56. The number of furan rings is 1. The molecule has 0 radical (unpaired) electrons. The van der Waals surface area contributed by atoms with E-state index in [0.717, 1.165) is 28.3 Å². The molecule has 2 amide bonds. The standard InChI is InChI=1S/C23H14ClNO7S/c24-16-3-1-12(2-4-16)11-25-20(26)19(33-23(25)31)10-17-5-6-18(32-17)13-7-14(21(27)28)9-15(8-13)22(29)30/h1-10H,11H2,(H,27,28)(H,29,30)/b19-10+. The van der Waals surface area contributed by atoms with Crippen LogP contribution in [0.4, 0.5) is 4.79 Å². The average molecular weight is 484 g/mol. The maximum atomic E-state index is 12.7. The number of imide groups is 1. The van der Waals surface area contributed by atoms with E-state index in [-0.39, 0.29) is 39.7 Å². The summed E-state index contributed by atoms with van der Waals surface area (Å²) in [4.78, 5) is 49.0. The second-order valence-corrected chi connectivity index (χ2v) is 8.44. The van der Waals surface area contributed by atoms with Gasteiger partial charge in [0.15, 0.2) is 0 Å². The summed E-state index contributed by atoms with van der Waals surface area (Å²) in [6, 6.07) is 13.5. The Bertz CT molecular complexity index is 1290. The van der Waals surface area contributed by atoms with E-state index in [0.29, 0.717) is 5.02 Å². The highest BCUT2D eigenvalue weighted by molar-refractivity contribution is 8.18. The molecule has 0 saturated carbocycles. The van der Waals surface area contributed by atoms with Gasteiger partial charge in [0, 0.05) is 16.7 Å². The van der Waals surface area contributed by atoms with Crippen LogP contribution in [0.3, 0.4) is 0 Å². The van der Waals surface area contributed by atoms with Crippen molar-refractivity contribution in [3.63, 3.8) is 0 Å². The fourth-order valence-electron chi connectivity index (χ4n) is 3.14. The van der Waals surface area contributed by atoms with Crippen LogP contribution >= 0.6 is 23.4 Å². The van der Waals surface area contributed by atoms with Gasteiger partial charge in [-0.25, -0.2) is 9.59 Å². The Morgan fingerprint density at radius 1 is 0.970 bits per heavy atom. The minimum Gasteiger partial charge on any atom is -0.478 e. The molecule has 0 bridgehead atoms. The van der Waals surface area contributed by atoms with E-state index in [4.69, 9.17) is 16.0 Å². The molecule has 1 aromatic heterocycles. The summed E-state index contributed by atoms with van der Waals surface area (Å²) in [6.07, 6.45) is 1.41. The van der Waals surface area contributed by atoms with Crippen molar-refractivity contribution in [2.75, 3.05) is 0 Å². The summed E-state index contributed by atoms with van der Waals surface area (Å²) in [5, 5.41) is 18.6. The molecule has 0 unspecified atom stereocenters. The number of hydrogen-bond donors (Lipinski definition) is 2. The Balaban J connectivity index is 1.58. The van der Waals surface area contributed by atoms with Gasteiger partial charge in [-0.2, -0.15) is 0 Å². The topological polar surface area (TPSA) is 125 Å². The van der Waals surface area contributed by atoms with Gasteiger partial charge in [-0.1, -0.05) is 23.7 Å². The molecule has 8 nitrogen and oxygen atoms in total. The minimum atomic E-state index is -1.28. The third kappa shape index (κ3) is 4.84. The first-order valence-electron chi connectivity index (χ1n) is 9.43. The number of carboxylic acid groups (broad SMARTS) is 2. The molecule has 1 aliphatic rings. The fraction of sp³-hybridized carbons (Fsp3) is 0.0435. The summed E-state index contributed by atoms with van der Waals surface area (Å²) in [7, 11) is 0. The lowest BCUT2D eigenvalue weighted by Gasteiger charge is -2.12. The molecule has 166 valence electrons. The maximum absolute atomic E-state index is 12.7. The van der Waals surface area contributed by atoms with Gasteiger partial charge in [0.1, 0.15) is 11.5 Å². The van der Waals surface area contributed by atoms with Crippen LogP contribution < -0.4 is 0 Å². The normalized spacial score (nSPS) is 14.8. The first-order chi connectivity index (χ1) is 15.7. The van der Waals surface area contributed by atoms with E-state index >= 15 is 0 Å². The predicted octanol–water partition coefficient (Wildman–Crippen LogP) is 5.23. The first kappa shape index (κ1) is 22.4. The summed E-state index contributed by atoms with van der Waals surface area (Å²) in [5.41, 5.74) is 0.593. The van der Waals surface area contributed by atoms with Crippen molar-refractivity contribution in [1.82, 2.24) is 4.90 Å². The Morgan fingerprint density at radius 3 is 2.21 bits per heavy atom. The van der Waals surface area contributed by atoms with E-state index in [1.165, 1.54) is 30.3 Å². The van der Waals surface area contributed by atoms with E-state index in [1.807, 2.05) is 0 Å². The average Bonchev–Trinajstić information content (AvgIpc) is 3.35.